The molecule has 3 heteroatoms. The summed E-state index contributed by atoms with van der Waals surface area (Å²) in [6.07, 6.45) is 0. The Morgan fingerprint density at radius 2 is 1.70 bits per heavy atom. The molecule has 0 aliphatic carbocycles. The van der Waals surface area contributed by atoms with Crippen molar-refractivity contribution >= 4 is 21.1 Å². The van der Waals surface area contributed by atoms with Gasteiger partial charge in [-0.2, -0.15) is 0 Å². The van der Waals surface area contributed by atoms with Crippen LogP contribution in [0.1, 0.15) is 0 Å². The summed E-state index contributed by atoms with van der Waals surface area (Å²) in [5, 5.41) is 0. The van der Waals surface area contributed by atoms with Crippen LogP contribution in [0.5, 0.6) is 5.75 Å². The predicted molar refractivity (Wildman–Crippen MR) is 43.0 cm³/mol. The Balaban J connectivity index is 0.000000810. The quantitative estimate of drug-likeness (QED) is 0.688. The third-order valence-electron chi connectivity index (χ3n) is 1.16. The molecule has 1 aromatic carbocycles. The third-order valence-corrected chi connectivity index (χ3v) is 2.15. The first-order chi connectivity index (χ1) is 4.33. The molecule has 1 rings (SSSR count). The van der Waals surface area contributed by atoms with E-state index in [-0.39, 0.29) is 17.0 Å². The van der Waals surface area contributed by atoms with Gasteiger partial charge in [0.05, 0.1) is 0 Å². The van der Waals surface area contributed by atoms with Crippen LogP contribution in [-0.2, 0) is 18.3 Å². The summed E-state index contributed by atoms with van der Waals surface area (Å²) in [6.45, 7) is 0. The van der Waals surface area contributed by atoms with Crippen LogP contribution in [0.25, 0.3) is 0 Å². The molecule has 0 aliphatic heterocycles. The molecular formula is C7H8BrOZn. The Morgan fingerprint density at radius 1 is 1.20 bits per heavy atom. The Kier molecular flexibility index (Phi) is 4.93. The van der Waals surface area contributed by atoms with Crippen LogP contribution < -0.4 is 8.89 Å². The van der Waals surface area contributed by atoms with E-state index in [9.17, 15) is 0 Å². The zero-order chi connectivity index (χ0) is 6.69. The van der Waals surface area contributed by atoms with Crippen LogP contribution >= 0.6 is 17.0 Å². The molecule has 0 saturated heterocycles. The van der Waals surface area contributed by atoms with E-state index in [0.29, 0.717) is 0 Å². The molecule has 0 fully saturated rings. The molecule has 0 unspecified atom stereocenters. The van der Waals surface area contributed by atoms with Crippen molar-refractivity contribution in [3.63, 3.8) is 0 Å². The first-order valence-electron chi connectivity index (χ1n) is 2.79. The van der Waals surface area contributed by atoms with E-state index in [1.807, 2.05) is 12.1 Å². The normalized spacial score (nSPS) is 8.30. The molecule has 10 heavy (non-hydrogen) atoms. The van der Waals surface area contributed by atoms with E-state index in [4.69, 9.17) is 4.74 Å². The second-order valence-corrected chi connectivity index (χ2v) is 3.56. The Hall–Kier alpha value is 0.123. The van der Waals surface area contributed by atoms with Crippen LogP contribution in [0.4, 0.5) is 0 Å². The third kappa shape index (κ3) is 2.80. The van der Waals surface area contributed by atoms with Crippen LogP contribution in [0, 0.1) is 0 Å². The average molecular weight is 253 g/mol. The SMILES string of the molecule is Br.COc1cc[c]([Zn])cc1. The molecule has 1 nitrogen and oxygen atoms in total. The first-order valence-corrected chi connectivity index (χ1v) is 4.27. The van der Waals surface area contributed by atoms with Gasteiger partial charge in [0.25, 0.3) is 0 Å². The molecule has 0 saturated carbocycles. The minimum absolute atomic E-state index is 0. The molecule has 0 heterocycles. The summed E-state index contributed by atoms with van der Waals surface area (Å²) < 4.78 is 6.37. The molecule has 0 aromatic heterocycles. The molecule has 1 aromatic rings. The number of hydrogen-bond acceptors (Lipinski definition) is 1. The van der Waals surface area contributed by atoms with Gasteiger partial charge in [-0.1, -0.05) is 0 Å². The van der Waals surface area contributed by atoms with Crippen molar-refractivity contribution < 1.29 is 23.0 Å². The van der Waals surface area contributed by atoms with Crippen LogP contribution in [-0.4, -0.2) is 7.11 Å². The van der Waals surface area contributed by atoms with Crippen molar-refractivity contribution in [3.8, 4) is 5.75 Å². The fourth-order valence-corrected chi connectivity index (χ4v) is 1.12. The number of ether oxygens (including phenoxy) is 1. The van der Waals surface area contributed by atoms with Crippen molar-refractivity contribution in [2.45, 2.75) is 0 Å². The van der Waals surface area contributed by atoms with Crippen molar-refractivity contribution in [3.05, 3.63) is 24.3 Å². The predicted octanol–water partition coefficient (Wildman–Crippen LogP) is 1.45. The summed E-state index contributed by atoms with van der Waals surface area (Å²) in [4.78, 5) is 0. The number of methoxy groups -OCH3 is 1. The van der Waals surface area contributed by atoms with E-state index in [2.05, 4.69) is 12.1 Å². The standard InChI is InChI=1S/C7H7O.BrH.Zn/c1-8-7-5-3-2-4-6-7;;/h3-6H,1H3;1H;. The summed E-state index contributed by atoms with van der Waals surface area (Å²) in [6, 6.07) is 8.13. The number of benzene rings is 1. The molecule has 0 radical (unpaired) electrons. The van der Waals surface area contributed by atoms with Gasteiger partial charge in [0.15, 0.2) is 0 Å². The van der Waals surface area contributed by atoms with Gasteiger partial charge in [-0.3, -0.25) is 0 Å². The molecule has 0 bridgehead atoms. The topological polar surface area (TPSA) is 9.23 Å². The van der Waals surface area contributed by atoms with E-state index >= 15 is 0 Å². The molecule has 0 spiro atoms. The van der Waals surface area contributed by atoms with Gasteiger partial charge in [-0.05, 0) is 0 Å². The number of halogens is 1. The Morgan fingerprint density at radius 3 is 2.10 bits per heavy atom. The second kappa shape index (κ2) is 4.87. The molecular weight excluding hydrogens is 245 g/mol. The summed E-state index contributed by atoms with van der Waals surface area (Å²) in [7, 11) is 1.68. The van der Waals surface area contributed by atoms with Crippen molar-refractivity contribution in [2.75, 3.05) is 7.11 Å². The molecule has 0 atom stereocenters. The van der Waals surface area contributed by atoms with Gasteiger partial charge in [0.2, 0.25) is 0 Å². The van der Waals surface area contributed by atoms with Crippen molar-refractivity contribution in [1.29, 1.82) is 0 Å². The van der Waals surface area contributed by atoms with Crippen LogP contribution in [0.2, 0.25) is 0 Å². The van der Waals surface area contributed by atoms with E-state index in [0.717, 1.165) is 5.75 Å². The summed E-state index contributed by atoms with van der Waals surface area (Å²) in [5.41, 5.74) is 0. The zero-order valence-electron chi connectivity index (χ0n) is 5.83. The first kappa shape index (κ1) is 10.1. The van der Waals surface area contributed by atoms with Gasteiger partial charge < -0.3 is 0 Å². The van der Waals surface area contributed by atoms with E-state index in [1.54, 1.807) is 7.11 Å². The molecule has 0 aliphatic rings. The van der Waals surface area contributed by atoms with Gasteiger partial charge in [0, 0.05) is 0 Å². The van der Waals surface area contributed by atoms with Gasteiger partial charge in [-0.25, -0.2) is 0 Å². The van der Waals surface area contributed by atoms with Crippen molar-refractivity contribution in [1.82, 2.24) is 0 Å². The van der Waals surface area contributed by atoms with E-state index in [1.165, 1.54) is 22.5 Å². The second-order valence-electron chi connectivity index (χ2n) is 1.85. The summed E-state index contributed by atoms with van der Waals surface area (Å²) >= 11 is 1.21. The maximum absolute atomic E-state index is 4.98. The average Bonchev–Trinajstić information content (AvgIpc) is 1.90. The fraction of sp³-hybridized carbons (Fsp3) is 0.143. The van der Waals surface area contributed by atoms with Gasteiger partial charge >= 0.3 is 64.3 Å². The number of rotatable bonds is 1. The maximum atomic E-state index is 4.98. The molecule has 0 amide bonds. The number of hydrogen-bond donors (Lipinski definition) is 0. The minimum atomic E-state index is 0. The zero-order valence-corrected chi connectivity index (χ0v) is 10.5. The van der Waals surface area contributed by atoms with E-state index < -0.39 is 0 Å². The van der Waals surface area contributed by atoms with Gasteiger partial charge in [0.1, 0.15) is 0 Å². The summed E-state index contributed by atoms with van der Waals surface area (Å²) in [5.74, 6) is 0.937. The van der Waals surface area contributed by atoms with Crippen molar-refractivity contribution in [2.24, 2.45) is 0 Å². The fourth-order valence-electron chi connectivity index (χ4n) is 0.626. The Bertz CT molecular complexity index is 185. The van der Waals surface area contributed by atoms with Gasteiger partial charge in [-0.15, -0.1) is 17.0 Å². The van der Waals surface area contributed by atoms with Crippen LogP contribution in [0.15, 0.2) is 24.3 Å². The van der Waals surface area contributed by atoms with Crippen LogP contribution in [0.3, 0.4) is 0 Å². The Labute approximate surface area is 81.2 Å². The molecule has 51 valence electrons. The molecule has 0 N–H and O–H groups in total. The monoisotopic (exact) mass is 251 g/mol.